The van der Waals surface area contributed by atoms with Gasteiger partial charge in [0.05, 0.1) is 10.5 Å². The first kappa shape index (κ1) is 20.9. The number of hydrogen-bond donors (Lipinski definition) is 1. The second-order valence-electron chi connectivity index (χ2n) is 7.19. The lowest BCUT2D eigenvalue weighted by molar-refractivity contribution is 0.0654. The van der Waals surface area contributed by atoms with Crippen LogP contribution in [0.1, 0.15) is 32.0 Å². The molecule has 0 unspecified atom stereocenters. The number of fused-ring (bicyclic) bond motifs is 1. The van der Waals surface area contributed by atoms with E-state index in [0.717, 1.165) is 11.1 Å². The van der Waals surface area contributed by atoms with Gasteiger partial charge in [0.15, 0.2) is 0 Å². The van der Waals surface area contributed by atoms with Crippen molar-refractivity contribution in [3.63, 3.8) is 0 Å². The number of carbonyl (C=O) groups is 2. The largest absolute Gasteiger partial charge is 0.280 e. The highest BCUT2D eigenvalue weighted by molar-refractivity contribution is 7.89. The number of sulfonamides is 1. The van der Waals surface area contributed by atoms with Gasteiger partial charge < -0.3 is 0 Å². The first-order valence-corrected chi connectivity index (χ1v) is 11.4. The maximum Gasteiger partial charge on any atom is 0.280 e. The molecule has 0 atom stereocenters. The average Bonchev–Trinajstić information content (AvgIpc) is 3.03. The summed E-state index contributed by atoms with van der Waals surface area (Å²) in [6.07, 6.45) is 2.51. The summed E-state index contributed by atoms with van der Waals surface area (Å²) in [6.45, 7) is 0.511. The van der Waals surface area contributed by atoms with E-state index in [9.17, 15) is 18.0 Å². The lowest BCUT2D eigenvalue weighted by atomic mass is 10.1. The number of rotatable bonds is 8. The molecule has 4 rings (SSSR count). The summed E-state index contributed by atoms with van der Waals surface area (Å²) < 4.78 is 27.6. The summed E-state index contributed by atoms with van der Waals surface area (Å²) in [7, 11) is -3.61. The number of pyridine rings is 1. The second-order valence-corrected chi connectivity index (χ2v) is 8.96. The van der Waals surface area contributed by atoms with Crippen LogP contribution in [0.25, 0.3) is 0 Å². The minimum Gasteiger partial charge on any atom is -0.273 e. The molecule has 7 nitrogen and oxygen atoms in total. The van der Waals surface area contributed by atoms with Gasteiger partial charge in [0, 0.05) is 19.3 Å². The van der Waals surface area contributed by atoms with Crippen molar-refractivity contribution in [2.24, 2.45) is 0 Å². The summed E-state index contributed by atoms with van der Waals surface area (Å²) in [6, 6.07) is 19.3. The number of carbonyl (C=O) groups excluding carboxylic acids is 2. The first-order chi connectivity index (χ1) is 15.0. The Kier molecular flexibility index (Phi) is 5.92. The van der Waals surface area contributed by atoms with Gasteiger partial charge in [-0.25, -0.2) is 13.1 Å². The van der Waals surface area contributed by atoms with Gasteiger partial charge >= 0.3 is 0 Å². The van der Waals surface area contributed by atoms with Crippen molar-refractivity contribution in [1.29, 1.82) is 0 Å². The molecule has 8 heteroatoms. The van der Waals surface area contributed by atoms with E-state index in [4.69, 9.17) is 0 Å². The Balaban J connectivity index is 1.34. The molecule has 2 amide bonds. The molecule has 0 fully saturated rings. The van der Waals surface area contributed by atoms with E-state index in [1.54, 1.807) is 24.3 Å². The fourth-order valence-corrected chi connectivity index (χ4v) is 4.48. The molecule has 1 N–H and O–H groups in total. The van der Waals surface area contributed by atoms with Crippen molar-refractivity contribution in [1.82, 2.24) is 14.6 Å². The van der Waals surface area contributed by atoms with E-state index in [0.29, 0.717) is 24.9 Å². The second kappa shape index (κ2) is 8.79. The molecular formula is C23H21N3O4S. The zero-order valence-electron chi connectivity index (χ0n) is 16.7. The Hall–Kier alpha value is -3.36. The van der Waals surface area contributed by atoms with Gasteiger partial charge in [-0.15, -0.1) is 0 Å². The number of benzene rings is 2. The van der Waals surface area contributed by atoms with Crippen molar-refractivity contribution < 1.29 is 18.0 Å². The van der Waals surface area contributed by atoms with Gasteiger partial charge in [0.25, 0.3) is 11.8 Å². The third kappa shape index (κ3) is 4.55. The molecular weight excluding hydrogens is 414 g/mol. The topological polar surface area (TPSA) is 96.4 Å². The number of nitrogens with zero attached hydrogens (tertiary/aromatic N) is 2. The van der Waals surface area contributed by atoms with Crippen LogP contribution in [0.5, 0.6) is 0 Å². The number of imide groups is 1. The van der Waals surface area contributed by atoms with Gasteiger partial charge in [-0.1, -0.05) is 42.5 Å². The highest BCUT2D eigenvalue weighted by Crippen LogP contribution is 2.21. The van der Waals surface area contributed by atoms with E-state index in [-0.39, 0.29) is 23.0 Å². The Labute approximate surface area is 180 Å². The molecule has 31 heavy (non-hydrogen) atoms. The van der Waals surface area contributed by atoms with Crippen LogP contribution in [-0.4, -0.2) is 43.2 Å². The van der Waals surface area contributed by atoms with Gasteiger partial charge in [-0.05, 0) is 48.2 Å². The van der Waals surface area contributed by atoms with Crippen molar-refractivity contribution in [3.05, 3.63) is 95.3 Å². The maximum absolute atomic E-state index is 12.5. The average molecular weight is 436 g/mol. The molecule has 0 radical (unpaired) electrons. The summed E-state index contributed by atoms with van der Waals surface area (Å²) in [4.78, 5) is 30.1. The van der Waals surface area contributed by atoms with Crippen LogP contribution in [0.15, 0.2) is 77.8 Å². The number of aromatic nitrogens is 1. The van der Waals surface area contributed by atoms with Gasteiger partial charge in [0.1, 0.15) is 5.69 Å². The molecule has 2 aromatic carbocycles. The monoisotopic (exact) mass is 435 g/mol. The molecule has 1 aliphatic heterocycles. The molecule has 2 heterocycles. The third-order valence-corrected chi connectivity index (χ3v) is 6.61. The molecule has 0 saturated carbocycles. The Morgan fingerprint density at radius 2 is 1.52 bits per heavy atom. The smallest absolute Gasteiger partial charge is 0.273 e. The highest BCUT2D eigenvalue weighted by Gasteiger charge is 2.36. The summed E-state index contributed by atoms with van der Waals surface area (Å²) >= 11 is 0. The van der Waals surface area contributed by atoms with Gasteiger partial charge in [0.2, 0.25) is 10.0 Å². The van der Waals surface area contributed by atoms with E-state index in [2.05, 4.69) is 9.71 Å². The third-order valence-electron chi connectivity index (χ3n) is 5.14. The zero-order chi connectivity index (χ0) is 21.8. The van der Waals surface area contributed by atoms with Crippen LogP contribution in [0.3, 0.4) is 0 Å². The quantitative estimate of drug-likeness (QED) is 0.548. The molecule has 0 bridgehead atoms. The number of hydrogen-bond acceptors (Lipinski definition) is 5. The van der Waals surface area contributed by atoms with E-state index >= 15 is 0 Å². The lowest BCUT2D eigenvalue weighted by Crippen LogP contribution is -2.31. The lowest BCUT2D eigenvalue weighted by Gasteiger charge is -2.13. The summed E-state index contributed by atoms with van der Waals surface area (Å²) in [5.74, 6) is -0.752. The van der Waals surface area contributed by atoms with Crippen LogP contribution >= 0.6 is 0 Å². The van der Waals surface area contributed by atoms with Crippen LogP contribution in [0.2, 0.25) is 0 Å². The van der Waals surface area contributed by atoms with Crippen molar-refractivity contribution in [2.75, 3.05) is 13.1 Å². The van der Waals surface area contributed by atoms with Gasteiger partial charge in [-0.2, -0.15) is 0 Å². The predicted molar refractivity (Wildman–Crippen MR) is 115 cm³/mol. The first-order valence-electron chi connectivity index (χ1n) is 9.89. The molecule has 158 valence electrons. The Morgan fingerprint density at radius 3 is 2.23 bits per heavy atom. The maximum atomic E-state index is 12.5. The minimum atomic E-state index is -3.61. The van der Waals surface area contributed by atoms with E-state index < -0.39 is 15.9 Å². The number of nitrogens with one attached hydrogen (secondary N) is 1. The van der Waals surface area contributed by atoms with Crippen LogP contribution in [0, 0.1) is 0 Å². The summed E-state index contributed by atoms with van der Waals surface area (Å²) in [5.41, 5.74) is 2.38. The zero-order valence-corrected chi connectivity index (χ0v) is 17.5. The van der Waals surface area contributed by atoms with Crippen molar-refractivity contribution in [3.8, 4) is 0 Å². The molecule has 3 aromatic rings. The molecule has 0 saturated heterocycles. The highest BCUT2D eigenvalue weighted by atomic mass is 32.2. The van der Waals surface area contributed by atoms with Crippen molar-refractivity contribution >= 4 is 21.8 Å². The molecule has 0 aliphatic carbocycles. The fraction of sp³-hybridized carbons (Fsp3) is 0.174. The van der Waals surface area contributed by atoms with Gasteiger partial charge in [-0.3, -0.25) is 19.5 Å². The van der Waals surface area contributed by atoms with Crippen molar-refractivity contribution in [2.45, 2.75) is 17.7 Å². The predicted octanol–water partition coefficient (Wildman–Crippen LogP) is 2.44. The minimum absolute atomic E-state index is 0.175. The van der Waals surface area contributed by atoms with Crippen LogP contribution in [-0.2, 0) is 22.9 Å². The normalized spacial score (nSPS) is 13.5. The van der Waals surface area contributed by atoms with Crippen LogP contribution < -0.4 is 4.72 Å². The standard InChI is InChI=1S/C23H21N3O4S/c27-22-20-7-4-14-24-21(20)23(28)26(22)16-13-18-8-10-19(11-9-18)31(29,30)25-15-12-17-5-2-1-3-6-17/h1-11,14,25H,12-13,15-16H2. The molecule has 0 spiro atoms. The van der Waals surface area contributed by atoms with Crippen LogP contribution in [0.4, 0.5) is 0 Å². The molecule has 1 aromatic heterocycles. The fourth-order valence-electron chi connectivity index (χ4n) is 3.45. The Morgan fingerprint density at radius 1 is 0.806 bits per heavy atom. The summed E-state index contributed by atoms with van der Waals surface area (Å²) in [5, 5.41) is 0. The SMILES string of the molecule is O=C1c2cccnc2C(=O)N1CCc1ccc(S(=O)(=O)NCCc2ccccc2)cc1. The van der Waals surface area contributed by atoms with E-state index in [1.165, 1.54) is 23.2 Å². The molecule has 1 aliphatic rings. The van der Waals surface area contributed by atoms with E-state index in [1.807, 2.05) is 30.3 Å². The Bertz CT molecular complexity index is 1170. The number of amides is 2.